The fraction of sp³-hybridized carbons (Fsp3) is 0.167. The fourth-order valence-electron chi connectivity index (χ4n) is 0.903. The molecule has 2 aromatic heterocycles. The van der Waals surface area contributed by atoms with E-state index in [0.29, 0.717) is 5.28 Å². The highest BCUT2D eigenvalue weighted by molar-refractivity contribution is 6.28. The first-order valence-electron chi connectivity index (χ1n) is 3.10. The topological polar surface area (TPSA) is 43.1 Å². The van der Waals surface area contributed by atoms with Gasteiger partial charge in [0.1, 0.15) is 6.33 Å². The Morgan fingerprint density at radius 2 is 2.36 bits per heavy atom. The monoisotopic (exact) mass is 168 g/mol. The van der Waals surface area contributed by atoms with Crippen molar-refractivity contribution in [2.45, 2.75) is 6.92 Å². The van der Waals surface area contributed by atoms with Crippen LogP contribution in [0.15, 0.2) is 12.4 Å². The van der Waals surface area contributed by atoms with Crippen LogP contribution in [0.3, 0.4) is 0 Å². The molecule has 0 radical (unpaired) electrons. The number of fused-ring (bicyclic) bond motifs is 1. The maximum absolute atomic E-state index is 5.78. The molecule has 2 aromatic rings. The number of aryl methyl sites for hydroxylation is 1. The molecule has 0 aromatic carbocycles. The molecule has 2 rings (SSSR count). The number of hydrogen-bond donors (Lipinski definition) is 0. The summed E-state index contributed by atoms with van der Waals surface area (Å²) in [6.45, 7) is 1.86. The summed E-state index contributed by atoms with van der Waals surface area (Å²) in [5.41, 5.74) is 1.57. The third kappa shape index (κ3) is 0.952. The van der Waals surface area contributed by atoms with Gasteiger partial charge in [0.25, 0.3) is 0 Å². The Bertz CT molecular complexity index is 394. The SMILES string of the molecule is Cc1cc2nncn2c(Cl)n1. The van der Waals surface area contributed by atoms with Crippen molar-refractivity contribution in [3.63, 3.8) is 0 Å². The summed E-state index contributed by atoms with van der Waals surface area (Å²) in [4.78, 5) is 4.02. The van der Waals surface area contributed by atoms with Crippen molar-refractivity contribution >= 4 is 17.2 Å². The Balaban J connectivity index is 2.91. The normalized spacial score (nSPS) is 10.7. The Hall–Kier alpha value is -1.16. The average molecular weight is 169 g/mol. The molecule has 0 aliphatic carbocycles. The highest BCUT2D eigenvalue weighted by Crippen LogP contribution is 2.08. The molecule has 0 aliphatic heterocycles. The Labute approximate surface area is 67.8 Å². The number of nitrogens with zero attached hydrogens (tertiary/aromatic N) is 4. The molecule has 0 N–H and O–H groups in total. The summed E-state index contributed by atoms with van der Waals surface area (Å²) < 4.78 is 1.62. The maximum Gasteiger partial charge on any atom is 0.210 e. The van der Waals surface area contributed by atoms with Crippen molar-refractivity contribution in [1.82, 2.24) is 19.6 Å². The third-order valence-electron chi connectivity index (χ3n) is 1.38. The molecule has 0 bridgehead atoms. The van der Waals surface area contributed by atoms with Gasteiger partial charge in [0.05, 0.1) is 0 Å². The van der Waals surface area contributed by atoms with Crippen LogP contribution in [0.1, 0.15) is 5.69 Å². The third-order valence-corrected chi connectivity index (χ3v) is 1.65. The molecule has 0 aliphatic rings. The summed E-state index contributed by atoms with van der Waals surface area (Å²) >= 11 is 5.78. The molecule has 56 valence electrons. The van der Waals surface area contributed by atoms with E-state index in [1.54, 1.807) is 4.40 Å². The lowest BCUT2D eigenvalue weighted by Gasteiger charge is -1.95. The van der Waals surface area contributed by atoms with Crippen LogP contribution in [-0.4, -0.2) is 19.6 Å². The van der Waals surface area contributed by atoms with E-state index < -0.39 is 0 Å². The minimum Gasteiger partial charge on any atom is -0.256 e. The highest BCUT2D eigenvalue weighted by atomic mass is 35.5. The minimum absolute atomic E-state index is 0.394. The first-order chi connectivity index (χ1) is 5.27. The second-order valence-electron chi connectivity index (χ2n) is 2.23. The summed E-state index contributed by atoms with van der Waals surface area (Å²) in [5, 5.41) is 7.91. The number of halogens is 1. The predicted molar refractivity (Wildman–Crippen MR) is 40.5 cm³/mol. The standard InChI is InChI=1S/C6H5ClN4/c1-4-2-5-10-8-3-11(5)6(7)9-4/h2-3H,1H3. The Kier molecular flexibility index (Phi) is 1.29. The van der Waals surface area contributed by atoms with Crippen LogP contribution in [0.2, 0.25) is 5.28 Å². The number of rotatable bonds is 0. The van der Waals surface area contributed by atoms with E-state index >= 15 is 0 Å². The van der Waals surface area contributed by atoms with Gasteiger partial charge in [0.15, 0.2) is 5.65 Å². The fourth-order valence-corrected chi connectivity index (χ4v) is 1.17. The molecule has 0 saturated carbocycles. The van der Waals surface area contributed by atoms with Gasteiger partial charge in [-0.25, -0.2) is 4.98 Å². The Morgan fingerprint density at radius 1 is 1.55 bits per heavy atom. The molecular formula is C6H5ClN4. The van der Waals surface area contributed by atoms with Crippen molar-refractivity contribution in [3.8, 4) is 0 Å². The molecule has 0 amide bonds. The van der Waals surface area contributed by atoms with Crippen LogP contribution in [0, 0.1) is 6.92 Å². The zero-order chi connectivity index (χ0) is 7.84. The van der Waals surface area contributed by atoms with E-state index in [9.17, 15) is 0 Å². The van der Waals surface area contributed by atoms with Gasteiger partial charge >= 0.3 is 0 Å². The molecule has 4 nitrogen and oxygen atoms in total. The average Bonchev–Trinajstić information content (AvgIpc) is 2.34. The summed E-state index contributed by atoms with van der Waals surface area (Å²) in [7, 11) is 0. The predicted octanol–water partition coefficient (Wildman–Crippen LogP) is 1.09. The van der Waals surface area contributed by atoms with Gasteiger partial charge in [-0.3, -0.25) is 4.40 Å². The summed E-state index contributed by atoms with van der Waals surface area (Å²) in [6.07, 6.45) is 1.53. The molecule has 0 saturated heterocycles. The van der Waals surface area contributed by atoms with Crippen LogP contribution < -0.4 is 0 Å². The smallest absolute Gasteiger partial charge is 0.210 e. The van der Waals surface area contributed by atoms with Gasteiger partial charge in [0, 0.05) is 11.8 Å². The molecule has 2 heterocycles. The molecular weight excluding hydrogens is 164 g/mol. The lowest BCUT2D eigenvalue weighted by molar-refractivity contribution is 1.04. The molecule has 0 atom stereocenters. The minimum atomic E-state index is 0.394. The highest BCUT2D eigenvalue weighted by Gasteiger charge is 2.00. The Morgan fingerprint density at radius 3 is 3.18 bits per heavy atom. The summed E-state index contributed by atoms with van der Waals surface area (Å²) in [6, 6.07) is 1.82. The van der Waals surface area contributed by atoms with E-state index in [4.69, 9.17) is 11.6 Å². The van der Waals surface area contributed by atoms with Gasteiger partial charge in [-0.15, -0.1) is 10.2 Å². The van der Waals surface area contributed by atoms with E-state index in [2.05, 4.69) is 15.2 Å². The van der Waals surface area contributed by atoms with Gasteiger partial charge in [0.2, 0.25) is 5.28 Å². The second-order valence-corrected chi connectivity index (χ2v) is 2.56. The van der Waals surface area contributed by atoms with E-state index in [1.165, 1.54) is 6.33 Å². The molecule has 5 heteroatoms. The van der Waals surface area contributed by atoms with Crippen LogP contribution in [0.4, 0.5) is 0 Å². The lowest BCUT2D eigenvalue weighted by atomic mass is 10.4. The first kappa shape index (κ1) is 6.54. The van der Waals surface area contributed by atoms with Crippen molar-refractivity contribution in [1.29, 1.82) is 0 Å². The zero-order valence-electron chi connectivity index (χ0n) is 5.82. The largest absolute Gasteiger partial charge is 0.256 e. The van der Waals surface area contributed by atoms with Gasteiger partial charge in [-0.1, -0.05) is 0 Å². The van der Waals surface area contributed by atoms with E-state index in [-0.39, 0.29) is 0 Å². The van der Waals surface area contributed by atoms with Gasteiger partial charge in [-0.2, -0.15) is 0 Å². The van der Waals surface area contributed by atoms with Crippen molar-refractivity contribution in [2.24, 2.45) is 0 Å². The molecule has 0 fully saturated rings. The van der Waals surface area contributed by atoms with Crippen molar-refractivity contribution < 1.29 is 0 Å². The zero-order valence-corrected chi connectivity index (χ0v) is 6.58. The number of hydrogen-bond acceptors (Lipinski definition) is 3. The van der Waals surface area contributed by atoms with Gasteiger partial charge < -0.3 is 0 Å². The quantitative estimate of drug-likeness (QED) is 0.553. The van der Waals surface area contributed by atoms with Gasteiger partial charge in [-0.05, 0) is 18.5 Å². The van der Waals surface area contributed by atoms with Crippen molar-refractivity contribution in [3.05, 3.63) is 23.4 Å². The van der Waals surface area contributed by atoms with Crippen LogP contribution >= 0.6 is 11.6 Å². The second kappa shape index (κ2) is 2.17. The molecule has 11 heavy (non-hydrogen) atoms. The van der Waals surface area contributed by atoms with E-state index in [0.717, 1.165) is 11.3 Å². The first-order valence-corrected chi connectivity index (χ1v) is 3.48. The van der Waals surface area contributed by atoms with Crippen LogP contribution in [0.5, 0.6) is 0 Å². The number of aromatic nitrogens is 4. The summed E-state index contributed by atoms with van der Waals surface area (Å²) in [5.74, 6) is 0. The van der Waals surface area contributed by atoms with Crippen LogP contribution in [-0.2, 0) is 0 Å². The lowest BCUT2D eigenvalue weighted by Crippen LogP contribution is -1.91. The molecule has 0 unspecified atom stereocenters. The molecule has 0 spiro atoms. The van der Waals surface area contributed by atoms with E-state index in [1.807, 2.05) is 13.0 Å². The maximum atomic E-state index is 5.78. The van der Waals surface area contributed by atoms with Crippen molar-refractivity contribution in [2.75, 3.05) is 0 Å². The van der Waals surface area contributed by atoms with Crippen LogP contribution in [0.25, 0.3) is 5.65 Å².